The molecule has 0 radical (unpaired) electrons. The number of carbonyl (C=O) groups is 2. The van der Waals surface area contributed by atoms with E-state index in [0.29, 0.717) is 6.04 Å². The third kappa shape index (κ3) is 4.86. The van der Waals surface area contributed by atoms with E-state index in [1.807, 2.05) is 38.1 Å². The van der Waals surface area contributed by atoms with Gasteiger partial charge in [-0.1, -0.05) is 12.1 Å². The Hall–Kier alpha value is -1.88. The van der Waals surface area contributed by atoms with Crippen molar-refractivity contribution in [2.75, 3.05) is 5.32 Å². The number of anilines is 1. The number of nitrogens with one attached hydrogen (secondary N) is 3. The lowest BCUT2D eigenvalue weighted by atomic mass is 10.1. The van der Waals surface area contributed by atoms with Crippen molar-refractivity contribution >= 4 is 17.5 Å². The maximum atomic E-state index is 11.9. The van der Waals surface area contributed by atoms with Crippen LogP contribution in [0.4, 0.5) is 5.69 Å². The summed E-state index contributed by atoms with van der Waals surface area (Å²) in [5.74, 6) is -0.0488. The van der Waals surface area contributed by atoms with Gasteiger partial charge in [0.25, 0.3) is 0 Å². The molecule has 1 aromatic carbocycles. The lowest BCUT2D eigenvalue weighted by Crippen LogP contribution is -2.43. The van der Waals surface area contributed by atoms with E-state index in [1.165, 1.54) is 6.92 Å². The molecule has 0 spiro atoms. The van der Waals surface area contributed by atoms with E-state index in [9.17, 15) is 9.59 Å². The van der Waals surface area contributed by atoms with Gasteiger partial charge in [-0.25, -0.2) is 0 Å². The van der Waals surface area contributed by atoms with Crippen LogP contribution in [0.5, 0.6) is 0 Å². The monoisotopic (exact) mass is 289 g/mol. The summed E-state index contributed by atoms with van der Waals surface area (Å²) in [5.41, 5.74) is 1.80. The zero-order valence-corrected chi connectivity index (χ0v) is 12.8. The second kappa shape index (κ2) is 6.72. The molecule has 1 saturated carbocycles. The molecule has 5 heteroatoms. The molecule has 0 saturated heterocycles. The van der Waals surface area contributed by atoms with E-state index in [-0.39, 0.29) is 23.9 Å². The molecule has 5 nitrogen and oxygen atoms in total. The normalized spacial score (nSPS) is 16.9. The molecule has 21 heavy (non-hydrogen) atoms. The standard InChI is InChI=1S/C16H23N3O2/c1-10(17-11(2)16(21)19-14-7-8-14)13-5-4-6-15(9-13)18-12(3)20/h4-6,9-11,14,17H,7-8H2,1-3H3,(H,18,20)(H,19,21). The van der Waals surface area contributed by atoms with Crippen molar-refractivity contribution in [3.63, 3.8) is 0 Å². The predicted octanol–water partition coefficient (Wildman–Crippen LogP) is 1.96. The lowest BCUT2D eigenvalue weighted by Gasteiger charge is -2.20. The van der Waals surface area contributed by atoms with Gasteiger partial charge in [-0.15, -0.1) is 0 Å². The number of hydrogen-bond acceptors (Lipinski definition) is 3. The number of benzene rings is 1. The van der Waals surface area contributed by atoms with Gasteiger partial charge in [0.05, 0.1) is 6.04 Å². The van der Waals surface area contributed by atoms with Gasteiger partial charge < -0.3 is 10.6 Å². The third-order valence-electron chi connectivity index (χ3n) is 3.52. The van der Waals surface area contributed by atoms with E-state index in [1.54, 1.807) is 0 Å². The van der Waals surface area contributed by atoms with Crippen LogP contribution in [0.1, 0.15) is 45.2 Å². The molecule has 2 amide bonds. The zero-order chi connectivity index (χ0) is 15.4. The molecule has 1 aromatic rings. The van der Waals surface area contributed by atoms with Gasteiger partial charge in [0.1, 0.15) is 0 Å². The van der Waals surface area contributed by atoms with Crippen LogP contribution in [-0.4, -0.2) is 23.9 Å². The lowest BCUT2D eigenvalue weighted by molar-refractivity contribution is -0.123. The van der Waals surface area contributed by atoms with Gasteiger partial charge in [0.2, 0.25) is 11.8 Å². The summed E-state index contributed by atoms with van der Waals surface area (Å²) >= 11 is 0. The molecule has 0 aromatic heterocycles. The van der Waals surface area contributed by atoms with Gasteiger partial charge >= 0.3 is 0 Å². The van der Waals surface area contributed by atoms with E-state index < -0.39 is 0 Å². The summed E-state index contributed by atoms with van der Waals surface area (Å²) in [4.78, 5) is 23.0. The van der Waals surface area contributed by atoms with Crippen molar-refractivity contribution in [1.82, 2.24) is 10.6 Å². The Kier molecular flexibility index (Phi) is 4.96. The predicted molar refractivity (Wildman–Crippen MR) is 82.9 cm³/mol. The van der Waals surface area contributed by atoms with E-state index in [4.69, 9.17) is 0 Å². The van der Waals surface area contributed by atoms with Gasteiger partial charge in [-0.2, -0.15) is 0 Å². The molecule has 0 heterocycles. The summed E-state index contributed by atoms with van der Waals surface area (Å²) in [5, 5.41) is 9.04. The summed E-state index contributed by atoms with van der Waals surface area (Å²) in [6.45, 7) is 5.36. The van der Waals surface area contributed by atoms with Gasteiger partial charge in [0.15, 0.2) is 0 Å². The summed E-state index contributed by atoms with van der Waals surface area (Å²) < 4.78 is 0. The first-order valence-corrected chi connectivity index (χ1v) is 7.39. The molecule has 114 valence electrons. The third-order valence-corrected chi connectivity index (χ3v) is 3.52. The van der Waals surface area contributed by atoms with Gasteiger partial charge in [0, 0.05) is 24.7 Å². The number of rotatable bonds is 6. The van der Waals surface area contributed by atoms with Crippen LogP contribution >= 0.6 is 0 Å². The van der Waals surface area contributed by atoms with Crippen LogP contribution < -0.4 is 16.0 Å². The Morgan fingerprint density at radius 1 is 1.24 bits per heavy atom. The Labute approximate surface area is 125 Å². The van der Waals surface area contributed by atoms with Crippen molar-refractivity contribution in [1.29, 1.82) is 0 Å². The fraction of sp³-hybridized carbons (Fsp3) is 0.500. The minimum absolute atomic E-state index is 0.0265. The minimum atomic E-state index is -0.245. The highest BCUT2D eigenvalue weighted by atomic mass is 16.2. The van der Waals surface area contributed by atoms with Crippen LogP contribution in [0.2, 0.25) is 0 Å². The summed E-state index contributed by atoms with van der Waals surface area (Å²) in [6, 6.07) is 7.80. The number of hydrogen-bond donors (Lipinski definition) is 3. The van der Waals surface area contributed by atoms with Crippen molar-refractivity contribution < 1.29 is 9.59 Å². The molecule has 0 bridgehead atoms. The quantitative estimate of drug-likeness (QED) is 0.750. The first-order chi connectivity index (χ1) is 9.95. The Bertz CT molecular complexity index is 526. The van der Waals surface area contributed by atoms with Crippen molar-refractivity contribution in [3.8, 4) is 0 Å². The average Bonchev–Trinajstić information content (AvgIpc) is 3.22. The van der Waals surface area contributed by atoms with Crippen LogP contribution in [0.25, 0.3) is 0 Å². The molecular weight excluding hydrogens is 266 g/mol. The van der Waals surface area contributed by atoms with Gasteiger partial charge in [-0.3, -0.25) is 14.9 Å². The number of amides is 2. The molecule has 2 rings (SSSR count). The largest absolute Gasteiger partial charge is 0.352 e. The van der Waals surface area contributed by atoms with E-state index in [2.05, 4.69) is 16.0 Å². The molecule has 1 aliphatic carbocycles. The molecular formula is C16H23N3O2. The minimum Gasteiger partial charge on any atom is -0.352 e. The van der Waals surface area contributed by atoms with Crippen LogP contribution in [-0.2, 0) is 9.59 Å². The van der Waals surface area contributed by atoms with Gasteiger partial charge in [-0.05, 0) is 44.4 Å². The van der Waals surface area contributed by atoms with Crippen molar-refractivity contribution in [2.45, 2.75) is 51.7 Å². The first kappa shape index (κ1) is 15.5. The molecule has 2 unspecified atom stereocenters. The second-order valence-electron chi connectivity index (χ2n) is 5.70. The molecule has 0 aliphatic heterocycles. The maximum absolute atomic E-state index is 11.9. The van der Waals surface area contributed by atoms with Crippen molar-refractivity contribution in [3.05, 3.63) is 29.8 Å². The highest BCUT2D eigenvalue weighted by Crippen LogP contribution is 2.20. The van der Waals surface area contributed by atoms with E-state index in [0.717, 1.165) is 24.1 Å². The zero-order valence-electron chi connectivity index (χ0n) is 12.8. The fourth-order valence-corrected chi connectivity index (χ4v) is 2.19. The Morgan fingerprint density at radius 3 is 2.57 bits per heavy atom. The topological polar surface area (TPSA) is 70.2 Å². The highest BCUT2D eigenvalue weighted by Gasteiger charge is 2.26. The Balaban J connectivity index is 1.93. The Morgan fingerprint density at radius 2 is 1.95 bits per heavy atom. The maximum Gasteiger partial charge on any atom is 0.237 e. The molecule has 1 fully saturated rings. The SMILES string of the molecule is CC(=O)Nc1cccc(C(C)NC(C)C(=O)NC2CC2)c1. The highest BCUT2D eigenvalue weighted by molar-refractivity contribution is 5.88. The summed E-state index contributed by atoms with van der Waals surface area (Å²) in [7, 11) is 0. The van der Waals surface area contributed by atoms with Crippen molar-refractivity contribution in [2.24, 2.45) is 0 Å². The molecule has 2 atom stereocenters. The average molecular weight is 289 g/mol. The number of carbonyl (C=O) groups excluding carboxylic acids is 2. The summed E-state index contributed by atoms with van der Waals surface area (Å²) in [6.07, 6.45) is 2.18. The smallest absolute Gasteiger partial charge is 0.237 e. The molecule has 1 aliphatic rings. The van der Waals surface area contributed by atoms with Crippen LogP contribution in [0.3, 0.4) is 0 Å². The van der Waals surface area contributed by atoms with Crippen LogP contribution in [0, 0.1) is 0 Å². The second-order valence-corrected chi connectivity index (χ2v) is 5.70. The fourth-order valence-electron chi connectivity index (χ4n) is 2.19. The first-order valence-electron chi connectivity index (χ1n) is 7.39. The van der Waals surface area contributed by atoms with E-state index >= 15 is 0 Å². The molecule has 3 N–H and O–H groups in total. The van der Waals surface area contributed by atoms with Crippen LogP contribution in [0.15, 0.2) is 24.3 Å².